The van der Waals surface area contributed by atoms with Crippen molar-refractivity contribution in [3.63, 3.8) is 0 Å². The molecule has 0 saturated carbocycles. The molecule has 0 aromatic carbocycles. The summed E-state index contributed by atoms with van der Waals surface area (Å²) >= 11 is 0. The second kappa shape index (κ2) is 7.13. The average molecular weight is 369 g/mol. The average Bonchev–Trinajstić information content (AvgIpc) is 2.93. The van der Waals surface area contributed by atoms with Crippen LogP contribution in [0.5, 0.6) is 0 Å². The van der Waals surface area contributed by atoms with Crippen LogP contribution in [-0.2, 0) is 6.54 Å². The summed E-state index contributed by atoms with van der Waals surface area (Å²) in [4.78, 5) is 38.5. The van der Waals surface area contributed by atoms with E-state index in [1.54, 1.807) is 0 Å². The van der Waals surface area contributed by atoms with Gasteiger partial charge in [0.25, 0.3) is 11.5 Å². The van der Waals surface area contributed by atoms with Crippen LogP contribution in [0.1, 0.15) is 59.6 Å². The number of hydrogen-bond acceptors (Lipinski definition) is 5. The summed E-state index contributed by atoms with van der Waals surface area (Å²) in [6.07, 6.45) is 3.64. The van der Waals surface area contributed by atoms with Gasteiger partial charge in [-0.25, -0.2) is 9.97 Å². The van der Waals surface area contributed by atoms with Crippen molar-refractivity contribution in [2.75, 3.05) is 11.4 Å². The molecule has 3 heterocycles. The highest BCUT2D eigenvalue weighted by molar-refractivity contribution is 5.94. The van der Waals surface area contributed by atoms with Crippen LogP contribution in [0.15, 0.2) is 17.2 Å². The number of carbonyl (C=O) groups is 1. The Morgan fingerprint density at radius 2 is 2.04 bits per heavy atom. The fourth-order valence-corrected chi connectivity index (χ4v) is 3.80. The molecule has 27 heavy (non-hydrogen) atoms. The molecule has 2 aromatic rings. The van der Waals surface area contributed by atoms with Crippen molar-refractivity contribution in [3.8, 4) is 0 Å². The van der Waals surface area contributed by atoms with Crippen molar-refractivity contribution < 1.29 is 4.79 Å². The zero-order valence-electron chi connectivity index (χ0n) is 16.6. The van der Waals surface area contributed by atoms with Gasteiger partial charge in [-0.05, 0) is 59.1 Å². The predicted octanol–water partition coefficient (Wildman–Crippen LogP) is 2.40. The van der Waals surface area contributed by atoms with E-state index >= 15 is 0 Å². The predicted molar refractivity (Wildman–Crippen MR) is 105 cm³/mol. The van der Waals surface area contributed by atoms with E-state index in [1.165, 1.54) is 6.33 Å². The highest BCUT2D eigenvalue weighted by Crippen LogP contribution is 2.34. The minimum absolute atomic E-state index is 0.0131. The third-order valence-electron chi connectivity index (χ3n) is 5.35. The number of hydrogen-bond donors (Lipinski definition) is 2. The van der Waals surface area contributed by atoms with E-state index in [1.807, 2.05) is 26.8 Å². The van der Waals surface area contributed by atoms with E-state index in [4.69, 9.17) is 0 Å². The Morgan fingerprint density at radius 1 is 1.30 bits per heavy atom. The Bertz CT molecular complexity index is 932. The fraction of sp³-hybridized carbons (Fsp3) is 0.500. The van der Waals surface area contributed by atoms with E-state index in [0.29, 0.717) is 11.3 Å². The molecule has 0 spiro atoms. The van der Waals surface area contributed by atoms with Crippen LogP contribution in [0.25, 0.3) is 0 Å². The molecule has 7 heteroatoms. The van der Waals surface area contributed by atoms with E-state index in [-0.39, 0.29) is 23.6 Å². The Hall–Kier alpha value is -2.70. The summed E-state index contributed by atoms with van der Waals surface area (Å²) in [6, 6.07) is 1.90. The molecule has 0 aliphatic carbocycles. The van der Waals surface area contributed by atoms with Gasteiger partial charge in [-0.15, -0.1) is 0 Å². The first-order chi connectivity index (χ1) is 12.7. The van der Waals surface area contributed by atoms with Crippen LogP contribution < -0.4 is 15.8 Å². The second-order valence-corrected chi connectivity index (χ2v) is 7.86. The molecule has 144 valence electrons. The lowest BCUT2D eigenvalue weighted by atomic mass is 10.0. The smallest absolute Gasteiger partial charge is 0.270 e. The van der Waals surface area contributed by atoms with Crippen LogP contribution in [0.4, 0.5) is 5.82 Å². The molecule has 1 amide bonds. The first-order valence-electron chi connectivity index (χ1n) is 9.27. The summed E-state index contributed by atoms with van der Waals surface area (Å²) in [6.45, 7) is 11.0. The van der Waals surface area contributed by atoms with Crippen molar-refractivity contribution in [3.05, 3.63) is 50.8 Å². The zero-order chi connectivity index (χ0) is 19.8. The van der Waals surface area contributed by atoms with Crippen molar-refractivity contribution in [1.82, 2.24) is 20.3 Å². The Labute approximate surface area is 159 Å². The summed E-state index contributed by atoms with van der Waals surface area (Å²) in [5.41, 5.74) is 3.17. The topological polar surface area (TPSA) is 91.0 Å². The van der Waals surface area contributed by atoms with Gasteiger partial charge >= 0.3 is 0 Å². The third kappa shape index (κ3) is 3.72. The number of nitrogens with one attached hydrogen (secondary N) is 2. The molecule has 0 atom stereocenters. The minimum Gasteiger partial charge on any atom is -0.351 e. The number of carbonyl (C=O) groups excluding carboxylic acids is 1. The maximum atomic E-state index is 12.7. The minimum atomic E-state index is -0.299. The van der Waals surface area contributed by atoms with Gasteiger partial charge in [0.2, 0.25) is 0 Å². The molecule has 1 aliphatic heterocycles. The number of H-pyrrole nitrogens is 1. The summed E-state index contributed by atoms with van der Waals surface area (Å²) in [7, 11) is 0. The molecular formula is C20H27N5O2. The zero-order valence-corrected chi connectivity index (χ0v) is 16.6. The highest BCUT2D eigenvalue weighted by atomic mass is 16.2. The standard InChI is InChI=1S/C20H27N5O2/c1-12-9-13(2)24-18(26)15(12)10-21-19(27)16-14(3)17(23-11-22-16)25-8-6-7-20(25,4)5/h9,11H,6-8,10H2,1-5H3,(H,21,27)(H,24,26). The van der Waals surface area contributed by atoms with Gasteiger partial charge < -0.3 is 15.2 Å². The quantitative estimate of drug-likeness (QED) is 0.864. The van der Waals surface area contributed by atoms with Gasteiger partial charge in [0, 0.05) is 35.4 Å². The Balaban J connectivity index is 1.82. The van der Waals surface area contributed by atoms with E-state index in [9.17, 15) is 9.59 Å². The third-order valence-corrected chi connectivity index (χ3v) is 5.35. The maximum absolute atomic E-state index is 12.7. The molecule has 1 saturated heterocycles. The fourth-order valence-electron chi connectivity index (χ4n) is 3.80. The first kappa shape index (κ1) is 19.1. The molecule has 0 bridgehead atoms. The van der Waals surface area contributed by atoms with Gasteiger partial charge in [0.1, 0.15) is 17.8 Å². The molecule has 2 N–H and O–H groups in total. The monoisotopic (exact) mass is 369 g/mol. The number of pyridine rings is 1. The number of anilines is 1. The van der Waals surface area contributed by atoms with Crippen molar-refractivity contribution in [2.24, 2.45) is 0 Å². The van der Waals surface area contributed by atoms with Crippen LogP contribution in [0, 0.1) is 20.8 Å². The normalized spacial score (nSPS) is 15.8. The molecule has 1 aliphatic rings. The van der Waals surface area contributed by atoms with Gasteiger partial charge in [0.15, 0.2) is 0 Å². The summed E-state index contributed by atoms with van der Waals surface area (Å²) in [5, 5.41) is 2.83. The summed E-state index contributed by atoms with van der Waals surface area (Å²) in [5.74, 6) is 0.509. The van der Waals surface area contributed by atoms with E-state index < -0.39 is 0 Å². The van der Waals surface area contributed by atoms with Crippen molar-refractivity contribution >= 4 is 11.7 Å². The van der Waals surface area contributed by atoms with Crippen molar-refractivity contribution in [1.29, 1.82) is 0 Å². The second-order valence-electron chi connectivity index (χ2n) is 7.86. The molecule has 0 radical (unpaired) electrons. The number of amides is 1. The Kier molecular flexibility index (Phi) is 5.04. The largest absolute Gasteiger partial charge is 0.351 e. The number of aromatic nitrogens is 3. The Morgan fingerprint density at radius 3 is 2.67 bits per heavy atom. The lowest BCUT2D eigenvalue weighted by Gasteiger charge is -2.33. The van der Waals surface area contributed by atoms with Gasteiger partial charge in [0.05, 0.1) is 0 Å². The molecule has 2 aromatic heterocycles. The van der Waals surface area contributed by atoms with Gasteiger partial charge in [-0.3, -0.25) is 9.59 Å². The SMILES string of the molecule is Cc1cc(C)c(CNC(=O)c2ncnc(N3CCCC3(C)C)c2C)c(=O)[nH]1. The van der Waals surface area contributed by atoms with Crippen molar-refractivity contribution in [2.45, 2.75) is 59.5 Å². The summed E-state index contributed by atoms with van der Waals surface area (Å²) < 4.78 is 0. The number of aromatic amines is 1. The lowest BCUT2D eigenvalue weighted by Crippen LogP contribution is -2.39. The number of rotatable bonds is 4. The lowest BCUT2D eigenvalue weighted by molar-refractivity contribution is 0.0945. The van der Waals surface area contributed by atoms with Crippen LogP contribution >= 0.6 is 0 Å². The first-order valence-corrected chi connectivity index (χ1v) is 9.27. The van der Waals surface area contributed by atoms with Crippen LogP contribution in [0.3, 0.4) is 0 Å². The van der Waals surface area contributed by atoms with E-state index in [2.05, 4.69) is 39.0 Å². The molecule has 1 fully saturated rings. The van der Waals surface area contributed by atoms with E-state index in [0.717, 1.165) is 42.0 Å². The molecular weight excluding hydrogens is 342 g/mol. The number of aryl methyl sites for hydroxylation is 2. The molecule has 3 rings (SSSR count). The highest BCUT2D eigenvalue weighted by Gasteiger charge is 2.34. The van der Waals surface area contributed by atoms with Crippen LogP contribution in [-0.4, -0.2) is 32.9 Å². The van der Waals surface area contributed by atoms with Crippen LogP contribution in [0.2, 0.25) is 0 Å². The maximum Gasteiger partial charge on any atom is 0.270 e. The van der Waals surface area contributed by atoms with Gasteiger partial charge in [-0.2, -0.15) is 0 Å². The van der Waals surface area contributed by atoms with Gasteiger partial charge in [-0.1, -0.05) is 0 Å². The molecule has 7 nitrogen and oxygen atoms in total. The number of nitrogens with zero attached hydrogens (tertiary/aromatic N) is 3. The molecule has 0 unspecified atom stereocenters.